The van der Waals surface area contributed by atoms with Crippen LogP contribution in [0.25, 0.3) is 0 Å². The minimum Gasteiger partial charge on any atom is -0.489 e. The Kier molecular flexibility index (Phi) is 5.08. The summed E-state index contributed by atoms with van der Waals surface area (Å²) in [6, 6.07) is 15.8. The number of methoxy groups -OCH3 is 1. The van der Waals surface area contributed by atoms with Crippen LogP contribution in [0.3, 0.4) is 0 Å². The Morgan fingerprint density at radius 3 is 2.38 bits per heavy atom. The van der Waals surface area contributed by atoms with Crippen molar-refractivity contribution in [1.29, 1.82) is 0 Å². The number of rotatable bonds is 5. The number of carbonyl (C=O) groups is 1. The molecule has 1 aliphatic rings. The minimum absolute atomic E-state index is 0.0386. The zero-order valence-electron chi connectivity index (χ0n) is 16.2. The van der Waals surface area contributed by atoms with Gasteiger partial charge < -0.3 is 9.47 Å². The second-order valence-electron chi connectivity index (χ2n) is 8.05. The molecule has 0 radical (unpaired) electrons. The summed E-state index contributed by atoms with van der Waals surface area (Å²) in [4.78, 5) is 12.1. The highest BCUT2D eigenvalue weighted by atomic mass is 16.5. The normalized spacial score (nSPS) is 21.4. The molecule has 1 saturated carbocycles. The Balaban J connectivity index is 1.99. The van der Waals surface area contributed by atoms with Gasteiger partial charge in [-0.05, 0) is 42.0 Å². The van der Waals surface area contributed by atoms with Crippen LogP contribution in [0.4, 0.5) is 0 Å². The Hall–Kier alpha value is -2.29. The number of hydrogen-bond donors (Lipinski definition) is 0. The lowest BCUT2D eigenvalue weighted by Crippen LogP contribution is -2.34. The maximum atomic E-state index is 12.1. The van der Waals surface area contributed by atoms with Crippen molar-refractivity contribution >= 4 is 5.97 Å². The third kappa shape index (κ3) is 3.35. The monoisotopic (exact) mass is 352 g/mol. The van der Waals surface area contributed by atoms with Crippen LogP contribution in [0, 0.1) is 5.41 Å². The highest BCUT2D eigenvalue weighted by Gasteiger charge is 2.47. The molecule has 3 heteroatoms. The van der Waals surface area contributed by atoms with Crippen LogP contribution in [0.15, 0.2) is 48.5 Å². The van der Waals surface area contributed by atoms with Crippen molar-refractivity contribution in [3.05, 3.63) is 65.2 Å². The number of benzene rings is 2. The van der Waals surface area contributed by atoms with Gasteiger partial charge >= 0.3 is 5.97 Å². The van der Waals surface area contributed by atoms with Gasteiger partial charge in [-0.25, -0.2) is 4.79 Å². The molecule has 1 fully saturated rings. The fourth-order valence-electron chi connectivity index (χ4n) is 4.06. The molecular weight excluding hydrogens is 324 g/mol. The first-order valence-corrected chi connectivity index (χ1v) is 9.27. The second-order valence-corrected chi connectivity index (χ2v) is 8.05. The molecule has 1 aliphatic carbocycles. The summed E-state index contributed by atoms with van der Waals surface area (Å²) in [7, 11) is 1.42. The molecule has 1 atom stereocenters. The molecule has 3 rings (SSSR count). The standard InChI is InChI=1S/C23H28O3/c1-22(2)13-8-14-23(22,3)19-15-18(21(24)25-4)11-12-20(19)26-16-17-9-6-5-7-10-17/h5-7,9-12,15H,8,13-14,16H2,1-4H3. The van der Waals surface area contributed by atoms with Gasteiger partial charge in [0.15, 0.2) is 0 Å². The summed E-state index contributed by atoms with van der Waals surface area (Å²) in [5.74, 6) is 0.555. The molecule has 2 aromatic rings. The summed E-state index contributed by atoms with van der Waals surface area (Å²) >= 11 is 0. The third-order valence-corrected chi connectivity index (χ3v) is 6.20. The average molecular weight is 352 g/mol. The number of hydrogen-bond acceptors (Lipinski definition) is 3. The van der Waals surface area contributed by atoms with Crippen LogP contribution in [-0.2, 0) is 16.8 Å². The zero-order valence-corrected chi connectivity index (χ0v) is 16.2. The fourth-order valence-corrected chi connectivity index (χ4v) is 4.06. The molecule has 0 aromatic heterocycles. The molecule has 138 valence electrons. The highest BCUT2D eigenvalue weighted by Crippen LogP contribution is 2.55. The molecule has 0 bridgehead atoms. The molecule has 3 nitrogen and oxygen atoms in total. The second kappa shape index (κ2) is 7.14. The van der Waals surface area contributed by atoms with Crippen LogP contribution in [-0.4, -0.2) is 13.1 Å². The van der Waals surface area contributed by atoms with Gasteiger partial charge in [-0.2, -0.15) is 0 Å². The van der Waals surface area contributed by atoms with Gasteiger partial charge in [-0.1, -0.05) is 57.5 Å². The first kappa shape index (κ1) is 18.5. The van der Waals surface area contributed by atoms with E-state index in [0.717, 1.165) is 23.3 Å². The summed E-state index contributed by atoms with van der Waals surface area (Å²) in [6.45, 7) is 7.44. The van der Waals surface area contributed by atoms with Crippen molar-refractivity contribution in [3.63, 3.8) is 0 Å². The molecule has 0 amide bonds. The lowest BCUT2D eigenvalue weighted by molar-refractivity contribution is 0.0600. The van der Waals surface area contributed by atoms with E-state index in [1.165, 1.54) is 20.0 Å². The predicted molar refractivity (Wildman–Crippen MR) is 104 cm³/mol. The first-order chi connectivity index (χ1) is 12.4. The van der Waals surface area contributed by atoms with Crippen LogP contribution in [0.2, 0.25) is 0 Å². The Morgan fingerprint density at radius 1 is 1.04 bits per heavy atom. The largest absolute Gasteiger partial charge is 0.489 e. The van der Waals surface area contributed by atoms with E-state index in [1.807, 2.05) is 30.3 Å². The van der Waals surface area contributed by atoms with Crippen molar-refractivity contribution in [2.24, 2.45) is 5.41 Å². The minimum atomic E-state index is -0.305. The molecule has 2 aromatic carbocycles. The SMILES string of the molecule is COC(=O)c1ccc(OCc2ccccc2)c(C2(C)CCCC2(C)C)c1. The van der Waals surface area contributed by atoms with Crippen molar-refractivity contribution < 1.29 is 14.3 Å². The van der Waals surface area contributed by atoms with E-state index in [1.54, 1.807) is 6.07 Å². The van der Waals surface area contributed by atoms with E-state index in [0.29, 0.717) is 12.2 Å². The van der Waals surface area contributed by atoms with Crippen LogP contribution in [0.5, 0.6) is 5.75 Å². The maximum Gasteiger partial charge on any atom is 0.337 e. The van der Waals surface area contributed by atoms with Crippen LogP contribution < -0.4 is 4.74 Å². The van der Waals surface area contributed by atoms with Crippen molar-refractivity contribution in [2.45, 2.75) is 52.1 Å². The van der Waals surface area contributed by atoms with E-state index < -0.39 is 0 Å². The Morgan fingerprint density at radius 2 is 1.77 bits per heavy atom. The summed E-state index contributed by atoms with van der Waals surface area (Å²) in [5, 5.41) is 0. The van der Waals surface area contributed by atoms with Gasteiger partial charge in [-0.15, -0.1) is 0 Å². The molecule has 1 unspecified atom stereocenters. The Bertz CT molecular complexity index is 779. The topological polar surface area (TPSA) is 35.5 Å². The van der Waals surface area contributed by atoms with Crippen LogP contribution in [0.1, 0.15) is 61.5 Å². The van der Waals surface area contributed by atoms with Gasteiger partial charge in [0.2, 0.25) is 0 Å². The molecule has 26 heavy (non-hydrogen) atoms. The van der Waals surface area contributed by atoms with Gasteiger partial charge in [-0.3, -0.25) is 0 Å². The number of carbonyl (C=O) groups excluding carboxylic acids is 1. The smallest absolute Gasteiger partial charge is 0.337 e. The highest BCUT2D eigenvalue weighted by molar-refractivity contribution is 5.89. The Labute approximate surface area is 156 Å². The van der Waals surface area contributed by atoms with Crippen molar-refractivity contribution in [3.8, 4) is 5.75 Å². The fraction of sp³-hybridized carbons (Fsp3) is 0.435. The van der Waals surface area contributed by atoms with E-state index in [4.69, 9.17) is 9.47 Å². The number of esters is 1. The van der Waals surface area contributed by atoms with E-state index in [2.05, 4.69) is 32.9 Å². The third-order valence-electron chi connectivity index (χ3n) is 6.20. The average Bonchev–Trinajstić information content (AvgIpc) is 2.93. The van der Waals surface area contributed by atoms with Gasteiger partial charge in [0.1, 0.15) is 12.4 Å². The molecule has 0 N–H and O–H groups in total. The van der Waals surface area contributed by atoms with Gasteiger partial charge in [0.05, 0.1) is 12.7 Å². The lowest BCUT2D eigenvalue weighted by Gasteiger charge is -2.40. The molecule has 0 aliphatic heterocycles. The predicted octanol–water partition coefficient (Wildman–Crippen LogP) is 5.52. The van der Waals surface area contributed by atoms with Gasteiger partial charge in [0, 0.05) is 11.0 Å². The van der Waals surface area contributed by atoms with E-state index in [-0.39, 0.29) is 16.8 Å². The molecular formula is C23H28O3. The summed E-state index contributed by atoms with van der Waals surface area (Å²) < 4.78 is 11.1. The van der Waals surface area contributed by atoms with E-state index in [9.17, 15) is 4.79 Å². The van der Waals surface area contributed by atoms with Crippen molar-refractivity contribution in [1.82, 2.24) is 0 Å². The van der Waals surface area contributed by atoms with E-state index >= 15 is 0 Å². The maximum absolute atomic E-state index is 12.1. The number of ether oxygens (including phenoxy) is 2. The van der Waals surface area contributed by atoms with Gasteiger partial charge in [0.25, 0.3) is 0 Å². The summed E-state index contributed by atoms with van der Waals surface area (Å²) in [5.41, 5.74) is 2.93. The van der Waals surface area contributed by atoms with Crippen molar-refractivity contribution in [2.75, 3.05) is 7.11 Å². The quantitative estimate of drug-likeness (QED) is 0.665. The first-order valence-electron chi connectivity index (χ1n) is 9.27. The summed E-state index contributed by atoms with van der Waals surface area (Å²) in [6.07, 6.45) is 3.44. The molecule has 0 heterocycles. The lowest BCUT2D eigenvalue weighted by atomic mass is 9.65. The molecule has 0 saturated heterocycles. The molecule has 0 spiro atoms. The van der Waals surface area contributed by atoms with Crippen LogP contribution >= 0.6 is 0 Å². The zero-order chi connectivity index (χ0) is 18.8.